The molecule has 0 saturated heterocycles. The molecule has 1 atom stereocenters. The number of nitrogens with two attached hydrogens (primary N) is 1. The van der Waals surface area contributed by atoms with Gasteiger partial charge in [0.05, 0.1) is 23.8 Å². The molecule has 1 unspecified atom stereocenters. The van der Waals surface area contributed by atoms with E-state index in [9.17, 15) is 32.3 Å². The third-order valence-corrected chi connectivity index (χ3v) is 6.26. The fraction of sp³-hybridized carbons (Fsp3) is 0.233. The lowest BCUT2D eigenvalue weighted by Crippen LogP contribution is -2.54. The Labute approximate surface area is 254 Å². The van der Waals surface area contributed by atoms with E-state index in [-0.39, 0.29) is 56.9 Å². The molecule has 1 aliphatic heterocycles. The smallest absolute Gasteiger partial charge is 0.490 e. The number of benzene rings is 3. The van der Waals surface area contributed by atoms with E-state index in [0.29, 0.717) is 11.3 Å². The summed E-state index contributed by atoms with van der Waals surface area (Å²) in [6, 6.07) is 13.6. The molecule has 45 heavy (non-hydrogen) atoms. The minimum absolute atomic E-state index is 0.0316. The highest BCUT2D eigenvalue weighted by Gasteiger charge is 2.50. The van der Waals surface area contributed by atoms with Crippen molar-refractivity contribution in [2.75, 3.05) is 11.9 Å². The summed E-state index contributed by atoms with van der Waals surface area (Å²) in [6.07, 6.45) is -5.86. The quantitative estimate of drug-likeness (QED) is 0.128. The minimum Gasteiger partial charge on any atom is -0.490 e. The molecular formula is C30H28F3N5O7. The van der Waals surface area contributed by atoms with Gasteiger partial charge in [-0.2, -0.15) is 13.2 Å². The molecular weight excluding hydrogens is 599 g/mol. The van der Waals surface area contributed by atoms with E-state index < -0.39 is 35.9 Å². The van der Waals surface area contributed by atoms with Crippen molar-refractivity contribution in [2.45, 2.75) is 39.1 Å². The maximum atomic E-state index is 14.2. The molecule has 15 heteroatoms. The van der Waals surface area contributed by atoms with Crippen LogP contribution in [0.4, 0.5) is 18.9 Å². The highest BCUT2D eigenvalue weighted by molar-refractivity contribution is 6.21. The third kappa shape index (κ3) is 6.98. The molecule has 0 spiro atoms. The van der Waals surface area contributed by atoms with Crippen LogP contribution in [0.3, 0.4) is 0 Å². The van der Waals surface area contributed by atoms with Crippen LogP contribution >= 0.6 is 0 Å². The lowest BCUT2D eigenvalue weighted by molar-refractivity contribution is -0.263. The first kappa shape index (κ1) is 32.3. The summed E-state index contributed by atoms with van der Waals surface area (Å²) >= 11 is 0. The third-order valence-electron chi connectivity index (χ3n) is 6.26. The molecule has 1 heterocycles. The van der Waals surface area contributed by atoms with Gasteiger partial charge in [0, 0.05) is 11.3 Å². The van der Waals surface area contributed by atoms with Gasteiger partial charge in [0.25, 0.3) is 11.8 Å². The molecule has 3 aromatic rings. The number of hydrogen-bond donors (Lipinski definition) is 3. The maximum absolute atomic E-state index is 14.2. The number of fused-ring (bicyclic) bond motifs is 1. The van der Waals surface area contributed by atoms with Crippen LogP contribution < -0.4 is 20.5 Å². The van der Waals surface area contributed by atoms with Crippen LogP contribution in [0.25, 0.3) is 0 Å². The number of amides is 3. The number of nitrogen functional groups attached to an aromatic ring is 1. The van der Waals surface area contributed by atoms with Crippen LogP contribution in [0.5, 0.6) is 11.5 Å². The predicted octanol–water partition coefficient (Wildman–Crippen LogP) is 4.37. The minimum atomic E-state index is -5.60. The molecule has 0 bridgehead atoms. The topological polar surface area (TPSA) is 164 Å². The molecule has 4 N–H and O–H groups in total. The number of hydroxylamine groups is 1. The Morgan fingerprint density at radius 3 is 2.09 bits per heavy atom. The molecule has 3 amide bonds. The number of imide groups is 1. The summed E-state index contributed by atoms with van der Waals surface area (Å²) in [4.78, 5) is 57.2. The van der Waals surface area contributed by atoms with Crippen LogP contribution in [0.1, 0.15) is 58.7 Å². The lowest BCUT2D eigenvalue weighted by Gasteiger charge is -2.31. The van der Waals surface area contributed by atoms with Gasteiger partial charge in [-0.15, -0.1) is 5.01 Å². The van der Waals surface area contributed by atoms with Gasteiger partial charge in [0.1, 0.15) is 11.9 Å². The maximum Gasteiger partial charge on any atom is 0.493 e. The Morgan fingerprint density at radius 1 is 0.978 bits per heavy atom. The number of hydrazine groups is 1. The molecule has 0 saturated carbocycles. The molecule has 12 nitrogen and oxygen atoms in total. The Hall–Kier alpha value is -5.60. The molecule has 1 aliphatic rings. The zero-order valence-corrected chi connectivity index (χ0v) is 24.2. The number of anilines is 1. The number of halogens is 3. The van der Waals surface area contributed by atoms with Crippen LogP contribution in [0, 0.1) is 5.41 Å². The number of nitrogens with one attached hydrogen (secondary N) is 2. The van der Waals surface area contributed by atoms with Crippen molar-refractivity contribution in [2.24, 2.45) is 5.73 Å². The van der Waals surface area contributed by atoms with Crippen LogP contribution in [0.15, 0.2) is 66.7 Å². The normalized spacial score (nSPS) is 13.3. The highest BCUT2D eigenvalue weighted by Crippen LogP contribution is 2.35. The van der Waals surface area contributed by atoms with Crippen molar-refractivity contribution in [1.29, 1.82) is 5.41 Å². The first-order chi connectivity index (χ1) is 21.2. The van der Waals surface area contributed by atoms with E-state index in [1.165, 1.54) is 66.7 Å². The van der Waals surface area contributed by atoms with Crippen molar-refractivity contribution in [3.05, 3.63) is 89.0 Å². The molecule has 0 aromatic heterocycles. The van der Waals surface area contributed by atoms with Gasteiger partial charge >= 0.3 is 18.1 Å². The summed E-state index contributed by atoms with van der Waals surface area (Å²) in [7, 11) is 0. The average molecular weight is 628 g/mol. The monoisotopic (exact) mass is 627 g/mol. The molecule has 236 valence electrons. The van der Waals surface area contributed by atoms with Crippen LogP contribution in [0.2, 0.25) is 0 Å². The zero-order valence-electron chi connectivity index (χ0n) is 24.2. The first-order valence-electron chi connectivity index (χ1n) is 13.5. The van der Waals surface area contributed by atoms with Crippen molar-refractivity contribution in [3.8, 4) is 11.5 Å². The van der Waals surface area contributed by atoms with E-state index >= 15 is 0 Å². The lowest BCUT2D eigenvalue weighted by atomic mass is 10.0. The number of alkyl halides is 3. The number of amidine groups is 1. The number of carbonyl (C=O) groups is 4. The van der Waals surface area contributed by atoms with E-state index in [2.05, 4.69) is 10.2 Å². The second-order valence-electron chi connectivity index (χ2n) is 9.83. The van der Waals surface area contributed by atoms with Crippen molar-refractivity contribution in [3.63, 3.8) is 0 Å². The Balaban J connectivity index is 1.85. The summed E-state index contributed by atoms with van der Waals surface area (Å²) in [5.41, 5.74) is 5.69. The Bertz CT molecular complexity index is 1610. The van der Waals surface area contributed by atoms with E-state index in [4.69, 9.17) is 20.6 Å². The van der Waals surface area contributed by atoms with Crippen molar-refractivity contribution in [1.82, 2.24) is 10.2 Å². The van der Waals surface area contributed by atoms with E-state index in [1.54, 1.807) is 20.8 Å². The van der Waals surface area contributed by atoms with Crippen LogP contribution in [-0.4, -0.2) is 58.6 Å². The Morgan fingerprint density at radius 2 is 1.58 bits per heavy atom. The summed E-state index contributed by atoms with van der Waals surface area (Å²) in [5.74, 6) is -6.46. The average Bonchev–Trinajstić information content (AvgIpc) is 3.24. The second kappa shape index (κ2) is 13.0. The Kier molecular flexibility index (Phi) is 9.30. The van der Waals surface area contributed by atoms with Gasteiger partial charge in [0.15, 0.2) is 11.5 Å². The fourth-order valence-corrected chi connectivity index (χ4v) is 4.29. The number of ether oxygens (including phenoxy) is 2. The van der Waals surface area contributed by atoms with E-state index in [0.717, 1.165) is 0 Å². The van der Waals surface area contributed by atoms with Gasteiger partial charge in [-0.3, -0.25) is 19.8 Å². The van der Waals surface area contributed by atoms with Crippen LogP contribution in [-0.2, 0) is 14.4 Å². The van der Waals surface area contributed by atoms with Gasteiger partial charge in [-0.1, -0.05) is 23.4 Å². The molecule has 3 aromatic carbocycles. The number of nitrogens with zero attached hydrogens (tertiary/aromatic N) is 2. The highest BCUT2D eigenvalue weighted by atomic mass is 19.4. The number of carbonyl (C=O) groups excluding carboxylic acids is 4. The predicted molar refractivity (Wildman–Crippen MR) is 153 cm³/mol. The van der Waals surface area contributed by atoms with Gasteiger partial charge < -0.3 is 25.4 Å². The largest absolute Gasteiger partial charge is 0.493 e. The van der Waals surface area contributed by atoms with Crippen molar-refractivity contribution >= 4 is 35.2 Å². The standard InChI is InChI=1S/C30H28F3N5O7/c1-4-43-23-15-18(11-14-22(23)44-16(2)3)24(36-19-12-9-17(10-13-19)25(34)35)28(41)38(45-29(42)30(31,32)33)37-26(39)20-7-5-6-8-21(20)27(37)40/h5-16,24,36H,4H2,1-3H3,(H3,34,35). The molecule has 4 rings (SSSR count). The molecule has 0 fully saturated rings. The first-order valence-corrected chi connectivity index (χ1v) is 13.5. The summed E-state index contributed by atoms with van der Waals surface area (Å²) < 4.78 is 51.7. The number of hydrogen-bond acceptors (Lipinski definition) is 9. The van der Waals surface area contributed by atoms with Crippen molar-refractivity contribution < 1.29 is 46.7 Å². The fourth-order valence-electron chi connectivity index (χ4n) is 4.29. The summed E-state index contributed by atoms with van der Waals surface area (Å²) in [6.45, 7) is 5.43. The number of rotatable bonds is 10. The zero-order chi connectivity index (χ0) is 33.1. The van der Waals surface area contributed by atoms with Gasteiger partial charge in [-0.25, -0.2) is 4.79 Å². The van der Waals surface area contributed by atoms with E-state index in [1.807, 2.05) is 0 Å². The second-order valence-corrected chi connectivity index (χ2v) is 9.83. The summed E-state index contributed by atoms with van der Waals surface area (Å²) in [5, 5.41) is 10.2. The SMILES string of the molecule is CCOc1cc(C(Nc2ccc(C(=N)N)cc2)C(=O)N(OC(=O)C(F)(F)F)N2C(=O)c3ccccc3C2=O)ccc1OC(C)C. The molecule has 0 radical (unpaired) electrons. The van der Waals surface area contributed by atoms with Gasteiger partial charge in [0.2, 0.25) is 0 Å². The molecule has 0 aliphatic carbocycles. The van der Waals surface area contributed by atoms with Gasteiger partial charge in [-0.05, 0) is 74.9 Å².